The summed E-state index contributed by atoms with van der Waals surface area (Å²) in [4.78, 5) is 22.3. The Balaban J connectivity index is 2.05. The summed E-state index contributed by atoms with van der Waals surface area (Å²) in [5, 5.41) is 13.4. The van der Waals surface area contributed by atoms with Crippen LogP contribution < -0.4 is 10.1 Å². The largest absolute Gasteiger partial charge is 0.474 e. The number of para-hydroxylation sites is 2. The first-order valence-corrected chi connectivity index (χ1v) is 6.44. The first-order valence-electron chi connectivity index (χ1n) is 6.44. The fourth-order valence-corrected chi connectivity index (χ4v) is 1.73. The van der Waals surface area contributed by atoms with Crippen molar-refractivity contribution >= 4 is 17.3 Å². The van der Waals surface area contributed by atoms with Crippen molar-refractivity contribution in [3.05, 3.63) is 64.5 Å². The van der Waals surface area contributed by atoms with Crippen molar-refractivity contribution in [1.82, 2.24) is 0 Å². The molecule has 114 valence electrons. The minimum absolute atomic E-state index is 0.00857. The van der Waals surface area contributed by atoms with Gasteiger partial charge in [-0.05, 0) is 37.3 Å². The lowest BCUT2D eigenvalue weighted by atomic mass is 10.2. The standard InChI is InChI=1S/C15H13FN2O4/c1-10(15(19)17-12-8-6-11(16)7-9-12)22-14-5-3-2-4-13(14)18(20)21/h2-10H,1H3,(H,17,19)/t10-/m0/s1. The van der Waals surface area contributed by atoms with E-state index in [1.807, 2.05) is 0 Å². The maximum absolute atomic E-state index is 12.8. The van der Waals surface area contributed by atoms with E-state index in [-0.39, 0.29) is 11.4 Å². The van der Waals surface area contributed by atoms with Crippen LogP contribution in [0.3, 0.4) is 0 Å². The van der Waals surface area contributed by atoms with Gasteiger partial charge in [0.1, 0.15) is 5.82 Å². The fraction of sp³-hybridized carbons (Fsp3) is 0.133. The summed E-state index contributed by atoms with van der Waals surface area (Å²) in [7, 11) is 0. The molecule has 0 aliphatic rings. The molecule has 0 radical (unpaired) electrons. The number of nitrogens with zero attached hydrogens (tertiary/aromatic N) is 1. The molecule has 1 atom stereocenters. The van der Waals surface area contributed by atoms with E-state index < -0.39 is 22.8 Å². The lowest BCUT2D eigenvalue weighted by molar-refractivity contribution is -0.386. The van der Waals surface area contributed by atoms with Gasteiger partial charge in [-0.2, -0.15) is 0 Å². The summed E-state index contributed by atoms with van der Waals surface area (Å²) in [6, 6.07) is 11.0. The van der Waals surface area contributed by atoms with Crippen LogP contribution in [0, 0.1) is 15.9 Å². The second-order valence-electron chi connectivity index (χ2n) is 4.48. The molecule has 0 saturated heterocycles. The third-order valence-corrected chi connectivity index (χ3v) is 2.85. The minimum Gasteiger partial charge on any atom is -0.474 e. The maximum atomic E-state index is 12.8. The van der Waals surface area contributed by atoms with Crippen molar-refractivity contribution in [2.45, 2.75) is 13.0 Å². The number of hydrogen-bond acceptors (Lipinski definition) is 4. The smallest absolute Gasteiger partial charge is 0.310 e. The van der Waals surface area contributed by atoms with Gasteiger partial charge in [0.2, 0.25) is 0 Å². The molecule has 6 nitrogen and oxygen atoms in total. The molecular weight excluding hydrogens is 291 g/mol. The molecule has 22 heavy (non-hydrogen) atoms. The van der Waals surface area contributed by atoms with Crippen LogP contribution in [0.1, 0.15) is 6.92 Å². The molecule has 0 spiro atoms. The van der Waals surface area contributed by atoms with Gasteiger partial charge in [-0.1, -0.05) is 12.1 Å². The molecule has 2 aromatic rings. The molecule has 0 bridgehead atoms. The highest BCUT2D eigenvalue weighted by atomic mass is 19.1. The number of rotatable bonds is 5. The molecule has 1 N–H and O–H groups in total. The zero-order valence-electron chi connectivity index (χ0n) is 11.7. The number of nitro groups is 1. The van der Waals surface area contributed by atoms with Crippen LogP contribution in [-0.2, 0) is 4.79 Å². The molecule has 0 aliphatic carbocycles. The number of ether oxygens (including phenoxy) is 1. The molecule has 2 aromatic carbocycles. The highest BCUT2D eigenvalue weighted by Gasteiger charge is 2.20. The highest BCUT2D eigenvalue weighted by molar-refractivity contribution is 5.94. The number of nitro benzene ring substituents is 1. The summed E-state index contributed by atoms with van der Waals surface area (Å²) in [5.41, 5.74) is 0.188. The van der Waals surface area contributed by atoms with Crippen LogP contribution in [0.2, 0.25) is 0 Å². The van der Waals surface area contributed by atoms with Gasteiger partial charge >= 0.3 is 5.69 Å². The van der Waals surface area contributed by atoms with E-state index in [9.17, 15) is 19.3 Å². The van der Waals surface area contributed by atoms with Crippen molar-refractivity contribution in [2.75, 3.05) is 5.32 Å². The molecule has 1 amide bonds. The van der Waals surface area contributed by atoms with E-state index in [1.54, 1.807) is 6.07 Å². The monoisotopic (exact) mass is 304 g/mol. The SMILES string of the molecule is C[C@H](Oc1ccccc1[N+](=O)[O-])C(=O)Nc1ccc(F)cc1. The van der Waals surface area contributed by atoms with E-state index in [2.05, 4.69) is 5.32 Å². The van der Waals surface area contributed by atoms with Crippen molar-refractivity contribution in [1.29, 1.82) is 0 Å². The van der Waals surface area contributed by atoms with Gasteiger partial charge in [0, 0.05) is 11.8 Å². The molecule has 7 heteroatoms. The van der Waals surface area contributed by atoms with Crippen molar-refractivity contribution in [3.8, 4) is 5.75 Å². The number of hydrogen-bond donors (Lipinski definition) is 1. The number of carbonyl (C=O) groups excluding carboxylic acids is 1. The number of amides is 1. The zero-order valence-corrected chi connectivity index (χ0v) is 11.7. The van der Waals surface area contributed by atoms with E-state index in [0.29, 0.717) is 5.69 Å². The molecule has 0 saturated carbocycles. The summed E-state index contributed by atoms with van der Waals surface area (Å²) >= 11 is 0. The van der Waals surface area contributed by atoms with Crippen LogP contribution in [0.15, 0.2) is 48.5 Å². The van der Waals surface area contributed by atoms with Gasteiger partial charge in [0.05, 0.1) is 4.92 Å². The second kappa shape index (κ2) is 6.66. The Morgan fingerprint density at radius 2 is 1.86 bits per heavy atom. The summed E-state index contributed by atoms with van der Waals surface area (Å²) in [6.07, 6.45) is -0.953. The number of carbonyl (C=O) groups is 1. The lowest BCUT2D eigenvalue weighted by Gasteiger charge is -2.14. The van der Waals surface area contributed by atoms with Crippen LogP contribution in [-0.4, -0.2) is 16.9 Å². The molecule has 0 fully saturated rings. The van der Waals surface area contributed by atoms with Gasteiger partial charge in [0.25, 0.3) is 5.91 Å². The Labute approximate surface area is 125 Å². The summed E-state index contributed by atoms with van der Waals surface area (Å²) in [5.74, 6) is -0.902. The van der Waals surface area contributed by atoms with Crippen molar-refractivity contribution < 1.29 is 18.8 Å². The first-order chi connectivity index (χ1) is 10.5. The Morgan fingerprint density at radius 3 is 2.50 bits per heavy atom. The quantitative estimate of drug-likeness (QED) is 0.679. The van der Waals surface area contributed by atoms with Crippen molar-refractivity contribution in [2.24, 2.45) is 0 Å². The Bertz CT molecular complexity index is 688. The molecule has 0 aliphatic heterocycles. The Hall–Kier alpha value is -2.96. The topological polar surface area (TPSA) is 81.5 Å². The van der Waals surface area contributed by atoms with Crippen LogP contribution in [0.5, 0.6) is 5.75 Å². The summed E-state index contributed by atoms with van der Waals surface area (Å²) < 4.78 is 18.1. The third kappa shape index (κ3) is 3.78. The minimum atomic E-state index is -0.953. The van der Waals surface area contributed by atoms with Gasteiger partial charge in [-0.25, -0.2) is 4.39 Å². The van der Waals surface area contributed by atoms with Crippen LogP contribution in [0.4, 0.5) is 15.8 Å². The number of benzene rings is 2. The van der Waals surface area contributed by atoms with Gasteiger partial charge in [-0.3, -0.25) is 14.9 Å². The van der Waals surface area contributed by atoms with E-state index in [4.69, 9.17) is 4.74 Å². The summed E-state index contributed by atoms with van der Waals surface area (Å²) in [6.45, 7) is 1.47. The molecule has 0 heterocycles. The van der Waals surface area contributed by atoms with E-state index >= 15 is 0 Å². The number of halogens is 1. The first kappa shape index (κ1) is 15.4. The predicted octanol–water partition coefficient (Wildman–Crippen LogP) is 3.14. The third-order valence-electron chi connectivity index (χ3n) is 2.85. The molecular formula is C15H13FN2O4. The van der Waals surface area contributed by atoms with Crippen LogP contribution >= 0.6 is 0 Å². The zero-order chi connectivity index (χ0) is 16.1. The Morgan fingerprint density at radius 1 is 1.23 bits per heavy atom. The fourth-order valence-electron chi connectivity index (χ4n) is 1.73. The van der Waals surface area contributed by atoms with Crippen LogP contribution in [0.25, 0.3) is 0 Å². The Kier molecular flexibility index (Phi) is 4.67. The number of nitrogens with one attached hydrogen (secondary N) is 1. The maximum Gasteiger partial charge on any atom is 0.310 e. The highest BCUT2D eigenvalue weighted by Crippen LogP contribution is 2.27. The van der Waals surface area contributed by atoms with Crippen molar-refractivity contribution in [3.63, 3.8) is 0 Å². The molecule has 2 rings (SSSR count). The van der Waals surface area contributed by atoms with E-state index in [0.717, 1.165) is 0 Å². The average Bonchev–Trinajstić information content (AvgIpc) is 2.49. The van der Waals surface area contributed by atoms with E-state index in [1.165, 1.54) is 49.4 Å². The second-order valence-corrected chi connectivity index (χ2v) is 4.48. The average molecular weight is 304 g/mol. The predicted molar refractivity (Wildman–Crippen MR) is 78.2 cm³/mol. The van der Waals surface area contributed by atoms with Gasteiger partial charge in [0.15, 0.2) is 11.9 Å². The van der Waals surface area contributed by atoms with Gasteiger partial charge < -0.3 is 10.1 Å². The lowest BCUT2D eigenvalue weighted by Crippen LogP contribution is -2.30. The molecule has 0 unspecified atom stereocenters. The number of anilines is 1. The van der Waals surface area contributed by atoms with Gasteiger partial charge in [-0.15, -0.1) is 0 Å². The molecule has 0 aromatic heterocycles. The normalized spacial score (nSPS) is 11.5.